The van der Waals surface area contributed by atoms with E-state index in [9.17, 15) is 0 Å². The van der Waals surface area contributed by atoms with Crippen LogP contribution in [0.1, 0.15) is 0 Å². The Morgan fingerprint density at radius 2 is 1.33 bits per heavy atom. The highest BCUT2D eigenvalue weighted by atomic mass is 28.2. The van der Waals surface area contributed by atoms with Gasteiger partial charge in [0, 0.05) is 5.79 Å². The van der Waals surface area contributed by atoms with Crippen LogP contribution < -0.4 is 0 Å². The fourth-order valence-electron chi connectivity index (χ4n) is 1.19. The van der Waals surface area contributed by atoms with E-state index in [0.717, 1.165) is 5.79 Å². The van der Waals surface area contributed by atoms with Crippen LogP contribution in [0.4, 0.5) is 0 Å². The minimum Gasteiger partial charge on any atom is -0.297 e. The van der Waals surface area contributed by atoms with Gasteiger partial charge in [-0.05, 0) is 28.2 Å². The maximum absolute atomic E-state index is 2.34. The zero-order valence-electron chi connectivity index (χ0n) is 7.18. The molecule has 0 aromatic carbocycles. The third kappa shape index (κ3) is 2.98. The molecule has 9 heavy (non-hydrogen) atoms. The van der Waals surface area contributed by atoms with Gasteiger partial charge in [-0.15, -0.1) is 0 Å². The summed E-state index contributed by atoms with van der Waals surface area (Å²) in [5.74, 6) is 0.727. The summed E-state index contributed by atoms with van der Waals surface area (Å²) in [5.41, 5.74) is 0. The minimum absolute atomic E-state index is 0.0849. The zero-order valence-corrected chi connectivity index (χ0v) is 8.59. The Morgan fingerprint density at radius 1 is 1.00 bits per heavy atom. The predicted molar refractivity (Wildman–Crippen MR) is 45.6 cm³/mol. The molecule has 0 bridgehead atoms. The normalized spacial score (nSPS) is 13.3. The van der Waals surface area contributed by atoms with Gasteiger partial charge in [0.15, 0.2) is 0 Å². The molecule has 0 fully saturated rings. The van der Waals surface area contributed by atoms with E-state index in [4.69, 9.17) is 0 Å². The largest absolute Gasteiger partial charge is 0.297 e. The van der Waals surface area contributed by atoms with Crippen LogP contribution in [0.5, 0.6) is 0 Å². The van der Waals surface area contributed by atoms with E-state index < -0.39 is 0 Å². The van der Waals surface area contributed by atoms with Crippen LogP contribution in [0, 0.1) is 0 Å². The fourth-order valence-corrected chi connectivity index (χ4v) is 2.65. The fraction of sp³-hybridized carbons (Fsp3) is 1.00. The van der Waals surface area contributed by atoms with Crippen molar-refractivity contribution in [2.75, 3.05) is 28.2 Å². The molecule has 0 radical (unpaired) electrons. The average molecular weight is 146 g/mol. The van der Waals surface area contributed by atoms with Crippen molar-refractivity contribution in [2.24, 2.45) is 0 Å². The van der Waals surface area contributed by atoms with Gasteiger partial charge < -0.3 is 0 Å². The van der Waals surface area contributed by atoms with Crippen LogP contribution in [-0.2, 0) is 0 Å². The summed E-state index contributed by atoms with van der Waals surface area (Å²) >= 11 is 0. The lowest BCUT2D eigenvalue weighted by Gasteiger charge is -2.29. The van der Waals surface area contributed by atoms with Crippen LogP contribution in [0.2, 0.25) is 6.55 Å². The first-order chi connectivity index (χ1) is 4.09. The topological polar surface area (TPSA) is 6.48 Å². The molecule has 0 aromatic rings. The lowest BCUT2D eigenvalue weighted by atomic mass is 10.8. The molecule has 0 spiro atoms. The van der Waals surface area contributed by atoms with Crippen molar-refractivity contribution in [2.45, 2.75) is 12.3 Å². The first-order valence-electron chi connectivity index (χ1n) is 3.42. The lowest BCUT2D eigenvalue weighted by Crippen LogP contribution is -2.44. The van der Waals surface area contributed by atoms with Crippen molar-refractivity contribution in [1.82, 2.24) is 9.80 Å². The summed E-state index contributed by atoms with van der Waals surface area (Å²) in [4.78, 5) is 4.57. The van der Waals surface area contributed by atoms with E-state index in [1.807, 2.05) is 0 Å². The van der Waals surface area contributed by atoms with E-state index in [-0.39, 0.29) is 9.52 Å². The van der Waals surface area contributed by atoms with Gasteiger partial charge in [0.2, 0.25) is 0 Å². The Morgan fingerprint density at radius 3 is 1.33 bits per heavy atom. The number of rotatable bonds is 3. The van der Waals surface area contributed by atoms with Gasteiger partial charge in [-0.1, -0.05) is 6.55 Å². The highest BCUT2D eigenvalue weighted by Crippen LogP contribution is 1.92. The second kappa shape index (κ2) is 4.03. The number of nitrogens with zero attached hydrogens (tertiary/aromatic N) is 2. The molecule has 0 N–H and O–H groups in total. The Labute approximate surface area is 60.7 Å². The van der Waals surface area contributed by atoms with Crippen molar-refractivity contribution in [3.8, 4) is 0 Å². The van der Waals surface area contributed by atoms with E-state index in [0.29, 0.717) is 0 Å². The smallest absolute Gasteiger partial charge is 0.0560 e. The summed E-state index contributed by atoms with van der Waals surface area (Å²) in [6.07, 6.45) is 0. The summed E-state index contributed by atoms with van der Waals surface area (Å²) in [5, 5.41) is 0. The summed E-state index contributed by atoms with van der Waals surface area (Å²) in [6, 6.07) is 0. The summed E-state index contributed by atoms with van der Waals surface area (Å²) in [7, 11) is 8.65. The minimum atomic E-state index is 0.0849. The van der Waals surface area contributed by atoms with Crippen LogP contribution in [0.3, 0.4) is 0 Å². The third-order valence-corrected chi connectivity index (χ3v) is 3.75. The molecule has 3 heteroatoms. The zero-order chi connectivity index (χ0) is 7.44. The second-order valence-corrected chi connectivity index (χ2v) is 4.36. The van der Waals surface area contributed by atoms with E-state index in [1.54, 1.807) is 0 Å². The molecule has 0 aromatic heterocycles. The van der Waals surface area contributed by atoms with Crippen LogP contribution in [-0.4, -0.2) is 53.3 Å². The standard InChI is InChI=1S/C6H18N2Si/c1-7(2)6(9-5)8(3)4/h6H,9H2,1-5H3. The van der Waals surface area contributed by atoms with Crippen molar-refractivity contribution < 1.29 is 0 Å². The number of hydrogen-bond donors (Lipinski definition) is 0. The Balaban J connectivity index is 3.68. The van der Waals surface area contributed by atoms with Gasteiger partial charge in [0.05, 0.1) is 9.52 Å². The monoisotopic (exact) mass is 146 g/mol. The molecule has 0 heterocycles. The molecular weight excluding hydrogens is 128 g/mol. The quantitative estimate of drug-likeness (QED) is 0.395. The first-order valence-corrected chi connectivity index (χ1v) is 5.65. The molecule has 0 saturated carbocycles. The SMILES string of the molecule is C[SiH2]C(N(C)C)N(C)C. The van der Waals surface area contributed by atoms with Crippen LogP contribution >= 0.6 is 0 Å². The molecule has 0 aliphatic heterocycles. The van der Waals surface area contributed by atoms with Crippen molar-refractivity contribution in [3.63, 3.8) is 0 Å². The van der Waals surface area contributed by atoms with Gasteiger partial charge >= 0.3 is 0 Å². The third-order valence-electron chi connectivity index (χ3n) is 1.56. The Bertz CT molecular complexity index is 65.5. The first kappa shape index (κ1) is 9.14. The van der Waals surface area contributed by atoms with Gasteiger partial charge in [-0.2, -0.15) is 0 Å². The second-order valence-electron chi connectivity index (χ2n) is 2.82. The Kier molecular flexibility index (Phi) is 4.09. The molecule has 0 rings (SSSR count). The maximum atomic E-state index is 2.34. The van der Waals surface area contributed by atoms with Gasteiger partial charge in [-0.3, -0.25) is 9.80 Å². The van der Waals surface area contributed by atoms with Crippen molar-refractivity contribution in [3.05, 3.63) is 0 Å². The predicted octanol–water partition coefficient (Wildman–Crippen LogP) is -0.390. The molecule has 0 saturated heterocycles. The highest BCUT2D eigenvalue weighted by Gasteiger charge is 2.09. The molecule has 56 valence electrons. The van der Waals surface area contributed by atoms with Crippen LogP contribution in [0.25, 0.3) is 0 Å². The number of hydrogen-bond acceptors (Lipinski definition) is 2. The molecule has 0 unspecified atom stereocenters. The highest BCUT2D eigenvalue weighted by molar-refractivity contribution is 6.35. The maximum Gasteiger partial charge on any atom is 0.0560 e. The molecular formula is C6H18N2Si. The van der Waals surface area contributed by atoms with E-state index in [1.165, 1.54) is 0 Å². The molecule has 2 nitrogen and oxygen atoms in total. The molecule has 0 aliphatic rings. The molecule has 0 aliphatic carbocycles. The van der Waals surface area contributed by atoms with Crippen molar-refractivity contribution in [1.29, 1.82) is 0 Å². The molecule has 0 amide bonds. The van der Waals surface area contributed by atoms with Crippen LogP contribution in [0.15, 0.2) is 0 Å². The Hall–Kier alpha value is 0.137. The summed E-state index contributed by atoms with van der Waals surface area (Å²) in [6.45, 7) is 2.34. The van der Waals surface area contributed by atoms with Gasteiger partial charge in [0.1, 0.15) is 0 Å². The van der Waals surface area contributed by atoms with Gasteiger partial charge in [0.25, 0.3) is 0 Å². The van der Waals surface area contributed by atoms with E-state index >= 15 is 0 Å². The van der Waals surface area contributed by atoms with Crippen molar-refractivity contribution >= 4 is 9.52 Å². The average Bonchev–Trinajstić information content (AvgIpc) is 1.64. The summed E-state index contributed by atoms with van der Waals surface area (Å²) < 4.78 is 0. The lowest BCUT2D eigenvalue weighted by molar-refractivity contribution is 0.201. The van der Waals surface area contributed by atoms with E-state index in [2.05, 4.69) is 44.5 Å². The van der Waals surface area contributed by atoms with Gasteiger partial charge in [-0.25, -0.2) is 0 Å². The molecule has 0 atom stereocenters.